The highest BCUT2D eigenvalue weighted by Crippen LogP contribution is 2.24. The first-order chi connectivity index (χ1) is 12.0. The predicted octanol–water partition coefficient (Wildman–Crippen LogP) is 1.74. The number of nitrogens with zero attached hydrogens (tertiary/aromatic N) is 2. The highest BCUT2D eigenvalue weighted by molar-refractivity contribution is 7.88. The number of hydrogen-bond donors (Lipinski definition) is 0. The van der Waals surface area contributed by atoms with Gasteiger partial charge in [-0.2, -0.15) is 0 Å². The predicted molar refractivity (Wildman–Crippen MR) is 95.8 cm³/mol. The van der Waals surface area contributed by atoms with Gasteiger partial charge in [0.25, 0.3) is 0 Å². The maximum Gasteiger partial charge on any atom is 0.227 e. The third-order valence-corrected chi connectivity index (χ3v) is 6.74. The molecule has 138 valence electrons. The fourth-order valence-corrected chi connectivity index (χ4v) is 5.18. The summed E-state index contributed by atoms with van der Waals surface area (Å²) in [4.78, 5) is 14.5. The fourth-order valence-electron chi connectivity index (χ4n) is 3.37. The Balaban J connectivity index is 1.66. The number of piperidine rings is 1. The van der Waals surface area contributed by atoms with Crippen LogP contribution in [0, 0.1) is 5.92 Å². The lowest BCUT2D eigenvalue weighted by atomic mass is 9.98. The Morgan fingerprint density at radius 3 is 2.72 bits per heavy atom. The van der Waals surface area contributed by atoms with Gasteiger partial charge in [-0.1, -0.05) is 23.7 Å². The van der Waals surface area contributed by atoms with Crippen molar-refractivity contribution in [3.63, 3.8) is 0 Å². The highest BCUT2D eigenvalue weighted by atomic mass is 35.5. The summed E-state index contributed by atoms with van der Waals surface area (Å²) in [6.45, 7) is 3.01. The van der Waals surface area contributed by atoms with E-state index in [1.165, 1.54) is 4.31 Å². The van der Waals surface area contributed by atoms with E-state index in [4.69, 9.17) is 16.3 Å². The van der Waals surface area contributed by atoms with Crippen LogP contribution < -0.4 is 0 Å². The molecule has 2 saturated heterocycles. The molecule has 0 bridgehead atoms. The average molecular weight is 387 g/mol. The van der Waals surface area contributed by atoms with E-state index in [9.17, 15) is 13.2 Å². The number of hydrogen-bond acceptors (Lipinski definition) is 4. The van der Waals surface area contributed by atoms with E-state index in [0.29, 0.717) is 49.9 Å². The van der Waals surface area contributed by atoms with E-state index in [2.05, 4.69) is 0 Å². The zero-order valence-electron chi connectivity index (χ0n) is 14.1. The summed E-state index contributed by atoms with van der Waals surface area (Å²) < 4.78 is 32.2. The Morgan fingerprint density at radius 2 is 2.00 bits per heavy atom. The van der Waals surface area contributed by atoms with Crippen molar-refractivity contribution in [1.29, 1.82) is 0 Å². The zero-order valence-corrected chi connectivity index (χ0v) is 15.6. The van der Waals surface area contributed by atoms with Crippen molar-refractivity contribution in [3.8, 4) is 0 Å². The van der Waals surface area contributed by atoms with E-state index in [-0.39, 0.29) is 24.1 Å². The lowest BCUT2D eigenvalue weighted by Gasteiger charge is -2.35. The largest absolute Gasteiger partial charge is 0.378 e. The topological polar surface area (TPSA) is 66.9 Å². The summed E-state index contributed by atoms with van der Waals surface area (Å²) >= 11 is 5.94. The molecule has 3 rings (SSSR count). The lowest BCUT2D eigenvalue weighted by Crippen LogP contribution is -2.49. The third kappa shape index (κ3) is 4.73. The summed E-state index contributed by atoms with van der Waals surface area (Å²) in [5.74, 6) is -0.307. The molecule has 1 atom stereocenters. The molecule has 0 aliphatic carbocycles. The molecular weight excluding hydrogens is 364 g/mol. The molecule has 0 aromatic heterocycles. The van der Waals surface area contributed by atoms with Crippen molar-refractivity contribution in [2.45, 2.75) is 18.6 Å². The Kier molecular flexibility index (Phi) is 5.99. The zero-order chi connectivity index (χ0) is 17.9. The van der Waals surface area contributed by atoms with Gasteiger partial charge in [0, 0.05) is 31.2 Å². The monoisotopic (exact) mass is 386 g/mol. The van der Waals surface area contributed by atoms with Gasteiger partial charge in [0.05, 0.1) is 24.9 Å². The Morgan fingerprint density at radius 1 is 1.24 bits per heavy atom. The summed E-state index contributed by atoms with van der Waals surface area (Å²) in [5.41, 5.74) is 0.661. The second-order valence-electron chi connectivity index (χ2n) is 6.52. The van der Waals surface area contributed by atoms with E-state index < -0.39 is 10.0 Å². The van der Waals surface area contributed by atoms with Crippen LogP contribution in [-0.4, -0.2) is 62.9 Å². The first-order valence-corrected chi connectivity index (χ1v) is 10.5. The quantitative estimate of drug-likeness (QED) is 0.790. The molecule has 0 unspecified atom stereocenters. The number of sulfonamides is 1. The minimum atomic E-state index is -3.47. The SMILES string of the molecule is O=C([C@H]1CCCN(S(=O)(=O)Cc2cccc(Cl)c2)C1)N1CCOCC1. The molecule has 2 aliphatic heterocycles. The van der Waals surface area contributed by atoms with Gasteiger partial charge >= 0.3 is 0 Å². The van der Waals surface area contributed by atoms with Crippen LogP contribution in [0.4, 0.5) is 0 Å². The molecule has 8 heteroatoms. The van der Waals surface area contributed by atoms with Crippen molar-refractivity contribution >= 4 is 27.5 Å². The van der Waals surface area contributed by atoms with Crippen LogP contribution in [0.15, 0.2) is 24.3 Å². The normalized spacial score (nSPS) is 22.8. The minimum absolute atomic E-state index is 0.0472. The Bertz CT molecular complexity index is 719. The molecule has 0 spiro atoms. The van der Waals surface area contributed by atoms with Crippen LogP contribution in [0.5, 0.6) is 0 Å². The van der Waals surface area contributed by atoms with Gasteiger partial charge in [-0.05, 0) is 30.5 Å². The maximum atomic E-state index is 12.7. The van der Waals surface area contributed by atoms with Crippen LogP contribution in [0.2, 0.25) is 5.02 Å². The number of ether oxygens (including phenoxy) is 1. The van der Waals surface area contributed by atoms with Gasteiger partial charge in [-0.25, -0.2) is 12.7 Å². The number of halogens is 1. The molecule has 1 aromatic carbocycles. The lowest BCUT2D eigenvalue weighted by molar-refractivity contribution is -0.140. The van der Waals surface area contributed by atoms with E-state index in [1.807, 2.05) is 0 Å². The van der Waals surface area contributed by atoms with Gasteiger partial charge in [0.2, 0.25) is 15.9 Å². The molecular formula is C17H23ClN2O4S. The van der Waals surface area contributed by atoms with Crippen molar-refractivity contribution < 1.29 is 17.9 Å². The number of carbonyl (C=O) groups excluding carboxylic acids is 1. The van der Waals surface area contributed by atoms with E-state index >= 15 is 0 Å². The molecule has 25 heavy (non-hydrogen) atoms. The number of rotatable bonds is 4. The molecule has 2 fully saturated rings. The number of carbonyl (C=O) groups is 1. The van der Waals surface area contributed by atoms with Crippen molar-refractivity contribution in [2.75, 3.05) is 39.4 Å². The molecule has 2 aliphatic rings. The van der Waals surface area contributed by atoms with Gasteiger partial charge in [-0.15, -0.1) is 0 Å². The van der Waals surface area contributed by atoms with Crippen molar-refractivity contribution in [2.24, 2.45) is 5.92 Å². The number of benzene rings is 1. The molecule has 1 amide bonds. The summed E-state index contributed by atoms with van der Waals surface area (Å²) in [6.07, 6.45) is 1.44. The Labute approximate surface area is 153 Å². The summed E-state index contributed by atoms with van der Waals surface area (Å²) in [7, 11) is -3.47. The molecule has 2 heterocycles. The smallest absolute Gasteiger partial charge is 0.227 e. The first-order valence-electron chi connectivity index (χ1n) is 8.54. The average Bonchev–Trinajstić information content (AvgIpc) is 2.61. The minimum Gasteiger partial charge on any atom is -0.378 e. The summed E-state index contributed by atoms with van der Waals surface area (Å²) in [6, 6.07) is 6.88. The van der Waals surface area contributed by atoms with Crippen LogP contribution in [0.3, 0.4) is 0 Å². The maximum absolute atomic E-state index is 12.7. The standard InChI is InChI=1S/C17H23ClN2O4S/c18-16-5-1-3-14(11-16)13-25(22,23)20-6-2-4-15(12-20)17(21)19-7-9-24-10-8-19/h1,3,5,11,15H,2,4,6-10,12-13H2/t15-/m0/s1. The van der Waals surface area contributed by atoms with E-state index in [0.717, 1.165) is 6.42 Å². The summed E-state index contributed by atoms with van der Waals surface area (Å²) in [5, 5.41) is 0.520. The van der Waals surface area contributed by atoms with Crippen LogP contribution in [0.1, 0.15) is 18.4 Å². The molecule has 0 saturated carbocycles. The van der Waals surface area contributed by atoms with E-state index in [1.54, 1.807) is 29.2 Å². The van der Waals surface area contributed by atoms with Gasteiger partial charge < -0.3 is 9.64 Å². The number of morpholine rings is 1. The van der Waals surface area contributed by atoms with Crippen LogP contribution in [-0.2, 0) is 25.3 Å². The molecule has 1 aromatic rings. The van der Waals surface area contributed by atoms with Crippen LogP contribution >= 0.6 is 11.6 Å². The second-order valence-corrected chi connectivity index (χ2v) is 8.93. The fraction of sp³-hybridized carbons (Fsp3) is 0.588. The van der Waals surface area contributed by atoms with Crippen molar-refractivity contribution in [1.82, 2.24) is 9.21 Å². The third-order valence-electron chi connectivity index (χ3n) is 4.69. The Hall–Kier alpha value is -1.15. The van der Waals surface area contributed by atoms with Crippen molar-refractivity contribution in [3.05, 3.63) is 34.9 Å². The number of amides is 1. The first kappa shape index (κ1) is 18.6. The van der Waals surface area contributed by atoms with Crippen LogP contribution in [0.25, 0.3) is 0 Å². The molecule has 0 N–H and O–H groups in total. The van der Waals surface area contributed by atoms with Gasteiger partial charge in [-0.3, -0.25) is 4.79 Å². The second kappa shape index (κ2) is 8.03. The molecule has 6 nitrogen and oxygen atoms in total. The molecule has 0 radical (unpaired) electrons. The van der Waals surface area contributed by atoms with Gasteiger partial charge in [0.1, 0.15) is 0 Å². The highest BCUT2D eigenvalue weighted by Gasteiger charge is 2.34. The van der Waals surface area contributed by atoms with Gasteiger partial charge in [0.15, 0.2) is 0 Å².